The highest BCUT2D eigenvalue weighted by Gasteiger charge is 2.39. The maximum Gasteiger partial charge on any atom is 0.0547 e. The Hall–Kier alpha value is -6.90. The highest BCUT2D eigenvalue weighted by Crippen LogP contribution is 2.55. The number of aromatic nitrogens is 1. The largest absolute Gasteiger partial charge is 0.310 e. The van der Waals surface area contributed by atoms with Crippen LogP contribution in [0, 0.1) is 0 Å². The smallest absolute Gasteiger partial charge is 0.0547 e. The molecule has 58 heavy (non-hydrogen) atoms. The van der Waals surface area contributed by atoms with Crippen LogP contribution in [0.25, 0.3) is 71.3 Å². The van der Waals surface area contributed by atoms with Gasteiger partial charge in [0.25, 0.3) is 0 Å². The molecule has 0 amide bonds. The Morgan fingerprint density at radius 2 is 0.948 bits per heavy atom. The standard InChI is InChI=1S/C56H42N2/c1-55(2)47-27-28-52-54(44-21-13-14-22-51(44)58(52)40-19-9-6-10-20-40)53(47)43-26-25-42(34-50(43)55)57(39-17-7-5-8-18-39)41-24-23-37-31-46-45-30-35-15-11-12-16-36(35)32-48(45)56(3,4)49(46)33-38(37)29-41/h5-34H,1-4H3. The van der Waals surface area contributed by atoms with Gasteiger partial charge in [-0.1, -0.05) is 125 Å². The molecule has 0 radical (unpaired) electrons. The van der Waals surface area contributed by atoms with Gasteiger partial charge in [-0.25, -0.2) is 0 Å². The van der Waals surface area contributed by atoms with Crippen molar-refractivity contribution in [2.24, 2.45) is 0 Å². The molecule has 2 nitrogen and oxygen atoms in total. The summed E-state index contributed by atoms with van der Waals surface area (Å²) in [5.74, 6) is 0. The minimum atomic E-state index is -0.192. The van der Waals surface area contributed by atoms with Gasteiger partial charge in [0.1, 0.15) is 0 Å². The van der Waals surface area contributed by atoms with E-state index in [4.69, 9.17) is 0 Å². The molecule has 0 saturated carbocycles. The van der Waals surface area contributed by atoms with Crippen LogP contribution in [0.15, 0.2) is 182 Å². The van der Waals surface area contributed by atoms with Crippen LogP contribution >= 0.6 is 0 Å². The molecule has 0 bridgehead atoms. The summed E-state index contributed by atoms with van der Waals surface area (Å²) in [5.41, 5.74) is 17.8. The van der Waals surface area contributed by atoms with Gasteiger partial charge in [0, 0.05) is 44.4 Å². The highest BCUT2D eigenvalue weighted by molar-refractivity contribution is 6.18. The van der Waals surface area contributed by atoms with Gasteiger partial charge in [-0.05, 0) is 151 Å². The van der Waals surface area contributed by atoms with Crippen molar-refractivity contribution in [3.63, 3.8) is 0 Å². The normalized spacial score (nSPS) is 14.5. The molecule has 0 unspecified atom stereocenters. The molecule has 0 aliphatic heterocycles. The molecule has 0 spiro atoms. The maximum atomic E-state index is 2.46. The van der Waals surface area contributed by atoms with Gasteiger partial charge in [0.2, 0.25) is 0 Å². The SMILES string of the molecule is CC1(C)c2cc3ccccc3cc2-c2cc3ccc(N(c4ccccc4)c4ccc5c(c4)C(C)(C)c4ccc6c(c4-5)c4ccccc4n6-c4ccccc4)cc3cc21. The van der Waals surface area contributed by atoms with Crippen molar-refractivity contribution in [2.45, 2.75) is 38.5 Å². The Morgan fingerprint density at radius 1 is 0.379 bits per heavy atom. The number of fused-ring (bicyclic) bond motifs is 12. The number of nitrogens with zero attached hydrogens (tertiary/aromatic N) is 2. The number of benzene rings is 9. The average Bonchev–Trinajstić information content (AvgIpc) is 3.79. The summed E-state index contributed by atoms with van der Waals surface area (Å²) in [6, 6.07) is 67.9. The van der Waals surface area contributed by atoms with E-state index in [1.54, 1.807) is 0 Å². The fourth-order valence-corrected chi connectivity index (χ4v) is 10.6. The molecule has 0 saturated heterocycles. The van der Waals surface area contributed by atoms with Crippen LogP contribution in [0.5, 0.6) is 0 Å². The van der Waals surface area contributed by atoms with Gasteiger partial charge < -0.3 is 9.47 Å². The monoisotopic (exact) mass is 742 g/mol. The van der Waals surface area contributed by atoms with Crippen LogP contribution in [-0.2, 0) is 10.8 Å². The number of para-hydroxylation sites is 3. The van der Waals surface area contributed by atoms with Gasteiger partial charge in [0.05, 0.1) is 11.0 Å². The molecule has 0 fully saturated rings. The van der Waals surface area contributed by atoms with Crippen LogP contribution in [0.4, 0.5) is 17.1 Å². The van der Waals surface area contributed by atoms with Crippen molar-refractivity contribution in [3.05, 3.63) is 204 Å². The summed E-state index contributed by atoms with van der Waals surface area (Å²) >= 11 is 0. The fourth-order valence-electron chi connectivity index (χ4n) is 10.6. The van der Waals surface area contributed by atoms with E-state index >= 15 is 0 Å². The van der Waals surface area contributed by atoms with Crippen molar-refractivity contribution in [3.8, 4) is 27.9 Å². The summed E-state index contributed by atoms with van der Waals surface area (Å²) in [6.07, 6.45) is 0. The van der Waals surface area contributed by atoms with Crippen molar-refractivity contribution in [1.29, 1.82) is 0 Å². The first kappa shape index (κ1) is 33.3. The van der Waals surface area contributed by atoms with Crippen LogP contribution in [0.1, 0.15) is 49.9 Å². The lowest BCUT2D eigenvalue weighted by Crippen LogP contribution is -2.16. The van der Waals surface area contributed by atoms with Crippen molar-refractivity contribution in [1.82, 2.24) is 4.57 Å². The third kappa shape index (κ3) is 4.54. The Morgan fingerprint density at radius 3 is 1.71 bits per heavy atom. The van der Waals surface area contributed by atoms with Crippen LogP contribution in [0.2, 0.25) is 0 Å². The molecule has 0 N–H and O–H groups in total. The lowest BCUT2D eigenvalue weighted by Gasteiger charge is -2.28. The molecule has 10 aromatic rings. The molecule has 0 atom stereocenters. The Labute approximate surface area is 339 Å². The molecule has 1 aromatic heterocycles. The second-order valence-electron chi connectivity index (χ2n) is 17.4. The van der Waals surface area contributed by atoms with Gasteiger partial charge in [-0.3, -0.25) is 0 Å². The van der Waals surface area contributed by atoms with E-state index in [0.29, 0.717) is 0 Å². The second kappa shape index (κ2) is 11.8. The third-order valence-electron chi connectivity index (χ3n) is 13.5. The Balaban J connectivity index is 1.02. The number of rotatable bonds is 4. The molecule has 2 aliphatic carbocycles. The lowest BCUT2D eigenvalue weighted by atomic mass is 9.81. The zero-order valence-corrected chi connectivity index (χ0v) is 33.2. The van der Waals surface area contributed by atoms with E-state index in [0.717, 1.165) is 17.1 Å². The van der Waals surface area contributed by atoms with Crippen molar-refractivity contribution in [2.75, 3.05) is 4.90 Å². The molecule has 1 heterocycles. The minimum Gasteiger partial charge on any atom is -0.310 e. The van der Waals surface area contributed by atoms with E-state index in [1.807, 2.05) is 0 Å². The summed E-state index contributed by atoms with van der Waals surface area (Å²) in [6.45, 7) is 9.57. The molecular weight excluding hydrogens is 701 g/mol. The molecule has 2 heteroatoms. The highest BCUT2D eigenvalue weighted by atomic mass is 15.1. The topological polar surface area (TPSA) is 8.17 Å². The predicted molar refractivity (Wildman–Crippen MR) is 246 cm³/mol. The van der Waals surface area contributed by atoms with E-state index in [-0.39, 0.29) is 10.8 Å². The van der Waals surface area contributed by atoms with Gasteiger partial charge in [0.15, 0.2) is 0 Å². The minimum absolute atomic E-state index is 0.0998. The Bertz CT molecular complexity index is 3330. The first-order valence-corrected chi connectivity index (χ1v) is 20.5. The summed E-state index contributed by atoms with van der Waals surface area (Å²) in [4.78, 5) is 2.44. The van der Waals surface area contributed by atoms with Crippen molar-refractivity contribution < 1.29 is 0 Å². The van der Waals surface area contributed by atoms with E-state index in [1.165, 1.54) is 93.5 Å². The molecular formula is C56H42N2. The first-order valence-electron chi connectivity index (χ1n) is 20.5. The van der Waals surface area contributed by atoms with Crippen LogP contribution in [-0.4, -0.2) is 4.57 Å². The van der Waals surface area contributed by atoms with Gasteiger partial charge >= 0.3 is 0 Å². The van der Waals surface area contributed by atoms with Gasteiger partial charge in [-0.15, -0.1) is 0 Å². The molecule has 2 aliphatic rings. The quantitative estimate of drug-likeness (QED) is 0.174. The van der Waals surface area contributed by atoms with E-state index in [2.05, 4.69) is 219 Å². The maximum absolute atomic E-state index is 2.46. The van der Waals surface area contributed by atoms with Crippen LogP contribution < -0.4 is 4.90 Å². The van der Waals surface area contributed by atoms with E-state index < -0.39 is 0 Å². The first-order chi connectivity index (χ1) is 28.3. The molecule has 12 rings (SSSR count). The molecule has 276 valence electrons. The number of hydrogen-bond acceptors (Lipinski definition) is 1. The lowest BCUT2D eigenvalue weighted by molar-refractivity contribution is 0.661. The third-order valence-corrected chi connectivity index (χ3v) is 13.5. The Kier molecular flexibility index (Phi) is 6.78. The summed E-state index contributed by atoms with van der Waals surface area (Å²) < 4.78 is 2.43. The number of anilines is 3. The summed E-state index contributed by atoms with van der Waals surface area (Å²) in [5, 5.41) is 7.74. The fraction of sp³-hybridized carbons (Fsp3) is 0.107. The molecule has 9 aromatic carbocycles. The van der Waals surface area contributed by atoms with Crippen LogP contribution in [0.3, 0.4) is 0 Å². The van der Waals surface area contributed by atoms with E-state index in [9.17, 15) is 0 Å². The predicted octanol–water partition coefficient (Wildman–Crippen LogP) is 15.2. The van der Waals surface area contributed by atoms with Crippen molar-refractivity contribution >= 4 is 60.4 Å². The number of hydrogen-bond donors (Lipinski definition) is 0. The summed E-state index contributed by atoms with van der Waals surface area (Å²) in [7, 11) is 0. The zero-order chi connectivity index (χ0) is 38.9. The second-order valence-corrected chi connectivity index (χ2v) is 17.4. The average molecular weight is 743 g/mol. The zero-order valence-electron chi connectivity index (χ0n) is 33.2. The van der Waals surface area contributed by atoms with Gasteiger partial charge in [-0.2, -0.15) is 0 Å².